The molecule has 0 aliphatic heterocycles. The Kier molecular flexibility index (Phi) is 8.51. The molecule has 0 aromatic heterocycles. The van der Waals surface area contributed by atoms with E-state index >= 15 is 0 Å². The maximum atomic E-state index is 11.3. The van der Waals surface area contributed by atoms with Crippen LogP contribution in [0.2, 0.25) is 0 Å². The van der Waals surface area contributed by atoms with Gasteiger partial charge >= 0.3 is 0 Å². The fourth-order valence-electron chi connectivity index (χ4n) is 0.843. The summed E-state index contributed by atoms with van der Waals surface area (Å²) in [5, 5.41) is 2.76. The first-order valence-corrected chi connectivity index (χ1v) is 4.86. The number of ether oxygens (including phenoxy) is 1. The Morgan fingerprint density at radius 3 is 2.79 bits per heavy atom. The summed E-state index contributed by atoms with van der Waals surface area (Å²) in [6.07, 6.45) is 0.823. The van der Waals surface area contributed by atoms with E-state index in [-0.39, 0.29) is 11.9 Å². The van der Waals surface area contributed by atoms with Crippen LogP contribution in [0.1, 0.15) is 20.3 Å². The van der Waals surface area contributed by atoms with E-state index in [0.29, 0.717) is 19.8 Å². The minimum absolute atomic E-state index is 0.0606. The lowest BCUT2D eigenvalue weighted by Crippen LogP contribution is -2.42. The SMILES string of the molecule is CCONC(C)C(=O)NCCCOC. The molecule has 0 aliphatic carbocycles. The molecule has 84 valence electrons. The highest BCUT2D eigenvalue weighted by Crippen LogP contribution is 1.84. The lowest BCUT2D eigenvalue weighted by Gasteiger charge is -2.12. The molecule has 1 unspecified atom stereocenters. The number of hydrogen-bond acceptors (Lipinski definition) is 4. The third-order valence-corrected chi connectivity index (χ3v) is 1.62. The highest BCUT2D eigenvalue weighted by atomic mass is 16.6. The standard InChI is InChI=1S/C9H20N2O3/c1-4-14-11-8(2)9(12)10-6-5-7-13-3/h8,11H,4-7H2,1-3H3,(H,10,12). The molecular weight excluding hydrogens is 184 g/mol. The van der Waals surface area contributed by atoms with E-state index in [9.17, 15) is 4.79 Å². The molecule has 0 fully saturated rings. The van der Waals surface area contributed by atoms with Crippen molar-refractivity contribution in [1.29, 1.82) is 0 Å². The normalized spacial score (nSPS) is 12.5. The summed E-state index contributed by atoms with van der Waals surface area (Å²) in [6.45, 7) is 5.44. The third kappa shape index (κ3) is 6.82. The van der Waals surface area contributed by atoms with Gasteiger partial charge in [0, 0.05) is 20.3 Å². The van der Waals surface area contributed by atoms with Gasteiger partial charge in [-0.1, -0.05) is 0 Å². The number of amides is 1. The van der Waals surface area contributed by atoms with Crippen molar-refractivity contribution < 1.29 is 14.4 Å². The Balaban J connectivity index is 3.42. The first-order chi connectivity index (χ1) is 6.72. The molecule has 0 radical (unpaired) electrons. The van der Waals surface area contributed by atoms with Crippen molar-refractivity contribution in [3.8, 4) is 0 Å². The second-order valence-electron chi connectivity index (χ2n) is 2.91. The lowest BCUT2D eigenvalue weighted by atomic mass is 10.3. The van der Waals surface area contributed by atoms with E-state index in [0.717, 1.165) is 6.42 Å². The fourth-order valence-corrected chi connectivity index (χ4v) is 0.843. The van der Waals surface area contributed by atoms with E-state index < -0.39 is 0 Å². The fraction of sp³-hybridized carbons (Fsp3) is 0.889. The maximum Gasteiger partial charge on any atom is 0.239 e. The average Bonchev–Trinajstić information content (AvgIpc) is 2.20. The molecule has 0 rings (SSSR count). The summed E-state index contributed by atoms with van der Waals surface area (Å²) in [4.78, 5) is 16.2. The topological polar surface area (TPSA) is 59.6 Å². The van der Waals surface area contributed by atoms with Crippen LogP contribution in [0.3, 0.4) is 0 Å². The average molecular weight is 204 g/mol. The molecule has 1 amide bonds. The number of carbonyl (C=O) groups is 1. The van der Waals surface area contributed by atoms with E-state index in [1.807, 2.05) is 6.92 Å². The van der Waals surface area contributed by atoms with Crippen LogP contribution < -0.4 is 10.8 Å². The molecular formula is C9H20N2O3. The number of carbonyl (C=O) groups excluding carboxylic acids is 1. The molecule has 0 aromatic carbocycles. The quantitative estimate of drug-likeness (QED) is 0.434. The summed E-state index contributed by atoms with van der Waals surface area (Å²) >= 11 is 0. The zero-order valence-electron chi connectivity index (χ0n) is 9.13. The molecule has 0 spiro atoms. The van der Waals surface area contributed by atoms with Gasteiger partial charge in [-0.15, -0.1) is 0 Å². The van der Waals surface area contributed by atoms with Crippen LogP contribution in [0.25, 0.3) is 0 Å². The van der Waals surface area contributed by atoms with Crippen molar-refractivity contribution in [2.24, 2.45) is 0 Å². The Bertz CT molecular complexity index is 153. The Morgan fingerprint density at radius 2 is 2.21 bits per heavy atom. The predicted octanol–water partition coefficient (Wildman–Crippen LogP) is 0.0687. The Morgan fingerprint density at radius 1 is 1.50 bits per heavy atom. The number of rotatable bonds is 8. The molecule has 0 aliphatic rings. The summed E-state index contributed by atoms with van der Waals surface area (Å²) in [7, 11) is 1.64. The first-order valence-electron chi connectivity index (χ1n) is 4.86. The molecule has 14 heavy (non-hydrogen) atoms. The van der Waals surface area contributed by atoms with Gasteiger partial charge in [0.1, 0.15) is 6.04 Å². The van der Waals surface area contributed by atoms with Crippen LogP contribution >= 0.6 is 0 Å². The number of methoxy groups -OCH3 is 1. The number of hydrogen-bond donors (Lipinski definition) is 2. The lowest BCUT2D eigenvalue weighted by molar-refractivity contribution is -0.126. The second-order valence-corrected chi connectivity index (χ2v) is 2.91. The van der Waals surface area contributed by atoms with Gasteiger partial charge in [-0.2, -0.15) is 5.48 Å². The Hall–Kier alpha value is -0.650. The van der Waals surface area contributed by atoms with Gasteiger partial charge in [0.2, 0.25) is 5.91 Å². The minimum atomic E-state index is -0.322. The minimum Gasteiger partial charge on any atom is -0.385 e. The van der Waals surface area contributed by atoms with Crippen LogP contribution in [0.15, 0.2) is 0 Å². The predicted molar refractivity (Wildman–Crippen MR) is 53.7 cm³/mol. The molecule has 1 atom stereocenters. The molecule has 5 heteroatoms. The van der Waals surface area contributed by atoms with Gasteiger partial charge in [0.25, 0.3) is 0 Å². The van der Waals surface area contributed by atoms with Gasteiger partial charge in [0.15, 0.2) is 0 Å². The molecule has 2 N–H and O–H groups in total. The molecule has 0 aromatic rings. The van der Waals surface area contributed by atoms with Gasteiger partial charge in [-0.25, -0.2) is 0 Å². The molecule has 0 saturated carbocycles. The highest BCUT2D eigenvalue weighted by molar-refractivity contribution is 5.81. The summed E-state index contributed by atoms with van der Waals surface area (Å²) < 4.78 is 4.86. The largest absolute Gasteiger partial charge is 0.385 e. The number of hydroxylamine groups is 1. The second kappa shape index (κ2) is 8.93. The summed E-state index contributed by atoms with van der Waals surface area (Å²) in [5.74, 6) is -0.0606. The Labute approximate surface area is 85.1 Å². The summed E-state index contributed by atoms with van der Waals surface area (Å²) in [5.41, 5.74) is 2.63. The zero-order valence-corrected chi connectivity index (χ0v) is 9.13. The van der Waals surface area contributed by atoms with Crippen LogP contribution in [-0.2, 0) is 14.4 Å². The molecule has 0 bridgehead atoms. The van der Waals surface area contributed by atoms with Crippen molar-refractivity contribution in [1.82, 2.24) is 10.8 Å². The number of nitrogens with one attached hydrogen (secondary N) is 2. The van der Waals surface area contributed by atoms with Crippen molar-refractivity contribution in [2.45, 2.75) is 26.3 Å². The maximum absolute atomic E-state index is 11.3. The van der Waals surface area contributed by atoms with E-state index in [4.69, 9.17) is 9.57 Å². The first kappa shape index (κ1) is 13.4. The van der Waals surface area contributed by atoms with Crippen molar-refractivity contribution in [3.05, 3.63) is 0 Å². The van der Waals surface area contributed by atoms with Crippen LogP contribution in [-0.4, -0.2) is 38.8 Å². The third-order valence-electron chi connectivity index (χ3n) is 1.62. The van der Waals surface area contributed by atoms with E-state index in [2.05, 4.69) is 10.8 Å². The van der Waals surface area contributed by atoms with Gasteiger partial charge in [-0.05, 0) is 20.3 Å². The molecule has 5 nitrogen and oxygen atoms in total. The molecule has 0 saturated heterocycles. The van der Waals surface area contributed by atoms with E-state index in [1.165, 1.54) is 0 Å². The van der Waals surface area contributed by atoms with E-state index in [1.54, 1.807) is 14.0 Å². The van der Waals surface area contributed by atoms with Crippen molar-refractivity contribution in [3.63, 3.8) is 0 Å². The van der Waals surface area contributed by atoms with Gasteiger partial charge in [0.05, 0.1) is 6.61 Å². The zero-order chi connectivity index (χ0) is 10.8. The van der Waals surface area contributed by atoms with Crippen molar-refractivity contribution >= 4 is 5.91 Å². The van der Waals surface area contributed by atoms with Crippen LogP contribution in [0.4, 0.5) is 0 Å². The summed E-state index contributed by atoms with van der Waals surface area (Å²) in [6, 6.07) is -0.322. The van der Waals surface area contributed by atoms with Gasteiger partial charge in [-0.3, -0.25) is 4.79 Å². The van der Waals surface area contributed by atoms with Gasteiger partial charge < -0.3 is 14.9 Å². The van der Waals surface area contributed by atoms with Crippen molar-refractivity contribution in [2.75, 3.05) is 26.9 Å². The van der Waals surface area contributed by atoms with Crippen LogP contribution in [0, 0.1) is 0 Å². The highest BCUT2D eigenvalue weighted by Gasteiger charge is 2.10. The monoisotopic (exact) mass is 204 g/mol. The van der Waals surface area contributed by atoms with Crippen LogP contribution in [0.5, 0.6) is 0 Å². The molecule has 0 heterocycles. The smallest absolute Gasteiger partial charge is 0.239 e.